The molecule has 0 amide bonds. The number of unbranched alkanes of at least 4 members (excludes halogenated alkanes) is 18. The number of aliphatic hydroxyl groups excluding tert-OH is 2. The summed E-state index contributed by atoms with van der Waals surface area (Å²) in [5.41, 5.74) is 0. The molecule has 0 aromatic heterocycles. The van der Waals surface area contributed by atoms with E-state index in [0.717, 1.165) is 22.1 Å². The summed E-state index contributed by atoms with van der Waals surface area (Å²) in [6.45, 7) is 7.99. The molecule has 2 unspecified atom stereocenters. The second-order valence-corrected chi connectivity index (χ2v) is 13.2. The van der Waals surface area contributed by atoms with E-state index in [2.05, 4.69) is 42.0 Å². The van der Waals surface area contributed by atoms with Crippen molar-refractivity contribution >= 4 is 0 Å². The summed E-state index contributed by atoms with van der Waals surface area (Å²) >= 11 is 0. The van der Waals surface area contributed by atoms with Crippen molar-refractivity contribution in [3.63, 3.8) is 0 Å². The lowest BCUT2D eigenvalue weighted by atomic mass is 10.1. The molecule has 0 aliphatic rings. The first-order valence-electron chi connectivity index (χ1n) is 16.1. The fourth-order valence-electron chi connectivity index (χ4n) is 5.49. The van der Waals surface area contributed by atoms with Crippen LogP contribution in [0.3, 0.4) is 0 Å². The van der Waals surface area contributed by atoms with Crippen molar-refractivity contribution in [2.45, 2.75) is 154 Å². The van der Waals surface area contributed by atoms with E-state index < -0.39 is 12.2 Å². The highest BCUT2D eigenvalue weighted by atomic mass is 79.9. The molecule has 0 aromatic rings. The third kappa shape index (κ3) is 28.3. The van der Waals surface area contributed by atoms with Gasteiger partial charge in [0.05, 0.1) is 41.3 Å². The van der Waals surface area contributed by atoms with Crippen LogP contribution in [0.2, 0.25) is 0 Å². The second kappa shape index (κ2) is 27.9. The molecule has 6 heteroatoms. The van der Waals surface area contributed by atoms with Gasteiger partial charge in [-0.05, 0) is 25.7 Å². The Morgan fingerprint density at radius 2 is 0.605 bits per heavy atom. The molecular weight excluding hydrogens is 604 g/mol. The van der Waals surface area contributed by atoms with Crippen LogP contribution in [0.5, 0.6) is 0 Å². The van der Waals surface area contributed by atoms with E-state index in [9.17, 15) is 10.2 Å². The zero-order valence-corrected chi connectivity index (χ0v) is 29.8. The molecule has 0 aliphatic carbocycles. The van der Waals surface area contributed by atoms with E-state index in [-0.39, 0.29) is 34.0 Å². The first kappa shape index (κ1) is 43.3. The number of aliphatic hydroxyl groups is 2. The van der Waals surface area contributed by atoms with Gasteiger partial charge in [-0.15, -0.1) is 0 Å². The first-order chi connectivity index (χ1) is 17.1. The van der Waals surface area contributed by atoms with Gasteiger partial charge in [-0.25, -0.2) is 0 Å². The van der Waals surface area contributed by atoms with E-state index in [4.69, 9.17) is 0 Å². The van der Waals surface area contributed by atoms with Crippen LogP contribution >= 0.6 is 0 Å². The van der Waals surface area contributed by atoms with E-state index in [1.165, 1.54) is 128 Å². The highest BCUT2D eigenvalue weighted by Gasteiger charge is 2.30. The molecule has 0 rings (SSSR count). The summed E-state index contributed by atoms with van der Waals surface area (Å²) < 4.78 is 1.59. The van der Waals surface area contributed by atoms with E-state index in [1.807, 2.05) is 0 Å². The Morgan fingerprint density at radius 1 is 0.395 bits per heavy atom. The summed E-state index contributed by atoms with van der Waals surface area (Å²) in [6, 6.07) is 0. The lowest BCUT2D eigenvalue weighted by molar-refractivity contribution is -0.902. The van der Waals surface area contributed by atoms with Crippen LogP contribution in [-0.2, 0) is 0 Å². The van der Waals surface area contributed by atoms with Gasteiger partial charge in [0, 0.05) is 0 Å². The van der Waals surface area contributed by atoms with Crippen molar-refractivity contribution < 1.29 is 53.1 Å². The molecule has 0 aromatic carbocycles. The van der Waals surface area contributed by atoms with Gasteiger partial charge in [-0.2, -0.15) is 0 Å². The van der Waals surface area contributed by atoms with Crippen molar-refractivity contribution in [3.05, 3.63) is 0 Å². The minimum absolute atomic E-state index is 0. The summed E-state index contributed by atoms with van der Waals surface area (Å²) in [4.78, 5) is 0. The summed E-state index contributed by atoms with van der Waals surface area (Å²) in [5, 5.41) is 21.5. The van der Waals surface area contributed by atoms with Gasteiger partial charge in [0.15, 0.2) is 0 Å². The maximum absolute atomic E-state index is 10.7. The van der Waals surface area contributed by atoms with E-state index in [0.29, 0.717) is 13.1 Å². The number of nitrogens with zero attached hydrogens (tertiary/aromatic N) is 2. The lowest BCUT2D eigenvalue weighted by Gasteiger charge is -2.36. The van der Waals surface area contributed by atoms with Gasteiger partial charge in [-0.3, -0.25) is 0 Å². The molecule has 0 saturated heterocycles. The predicted molar refractivity (Wildman–Crippen MR) is 159 cm³/mol. The lowest BCUT2D eigenvalue weighted by Crippen LogP contribution is -3.00. The molecule has 234 valence electrons. The standard InChI is InChI=1S/C32H70N2O2.2BrH/c1-7-9-11-13-15-17-19-21-23-25-27-33(3,4)29-31(35)32(36)30-34(5,6)28-26-24-22-20-18-16-14-12-10-8-2;;/h31-32,35-36H,7-30H2,1-6H3;2*1H/q+2;;/p-2. The highest BCUT2D eigenvalue weighted by molar-refractivity contribution is 4.67. The molecule has 0 spiro atoms. The maximum atomic E-state index is 10.7. The largest absolute Gasteiger partial charge is 1.00 e. The quantitative estimate of drug-likeness (QED) is 0.103. The molecule has 0 radical (unpaired) electrons. The average molecular weight is 675 g/mol. The van der Waals surface area contributed by atoms with Crippen LogP contribution in [0.1, 0.15) is 142 Å². The van der Waals surface area contributed by atoms with Crippen LogP contribution in [0.15, 0.2) is 0 Å². The van der Waals surface area contributed by atoms with E-state index in [1.54, 1.807) is 0 Å². The molecule has 2 N–H and O–H groups in total. The van der Waals surface area contributed by atoms with Crippen LogP contribution in [0.25, 0.3) is 0 Å². The van der Waals surface area contributed by atoms with Crippen molar-refractivity contribution in [3.8, 4) is 0 Å². The molecule has 0 saturated carbocycles. The third-order valence-corrected chi connectivity index (χ3v) is 8.04. The van der Waals surface area contributed by atoms with Crippen molar-refractivity contribution in [2.75, 3.05) is 54.4 Å². The van der Waals surface area contributed by atoms with Crippen LogP contribution in [0.4, 0.5) is 0 Å². The van der Waals surface area contributed by atoms with Gasteiger partial charge >= 0.3 is 0 Å². The Morgan fingerprint density at radius 3 is 0.842 bits per heavy atom. The number of halogens is 2. The molecule has 2 atom stereocenters. The monoisotopic (exact) mass is 672 g/mol. The Hall–Kier alpha value is 0.800. The zero-order chi connectivity index (χ0) is 27.1. The first-order valence-corrected chi connectivity index (χ1v) is 16.1. The van der Waals surface area contributed by atoms with Gasteiger partial charge in [0.2, 0.25) is 0 Å². The fraction of sp³-hybridized carbons (Fsp3) is 1.00. The molecule has 0 fully saturated rings. The topological polar surface area (TPSA) is 40.5 Å². The van der Waals surface area contributed by atoms with Gasteiger partial charge in [0.1, 0.15) is 25.3 Å². The molecule has 0 heterocycles. The van der Waals surface area contributed by atoms with E-state index >= 15 is 0 Å². The summed E-state index contributed by atoms with van der Waals surface area (Å²) in [6.07, 6.45) is 25.8. The number of quaternary nitrogens is 2. The molecule has 0 aliphatic heterocycles. The normalized spacial score (nSPS) is 13.6. The Labute approximate surface area is 261 Å². The molecule has 0 bridgehead atoms. The maximum Gasteiger partial charge on any atom is 0.134 e. The number of rotatable bonds is 27. The Balaban J connectivity index is -0.00000612. The van der Waals surface area contributed by atoms with Crippen LogP contribution in [0, 0.1) is 0 Å². The molecule has 38 heavy (non-hydrogen) atoms. The minimum Gasteiger partial charge on any atom is -1.00 e. The fourth-order valence-corrected chi connectivity index (χ4v) is 5.49. The number of likely N-dealkylation sites (N-methyl/N-ethyl adjacent to an activating group) is 2. The smallest absolute Gasteiger partial charge is 0.134 e. The molecule has 4 nitrogen and oxygen atoms in total. The van der Waals surface area contributed by atoms with Crippen LogP contribution < -0.4 is 34.0 Å². The number of hydrogen-bond donors (Lipinski definition) is 2. The number of hydrogen-bond acceptors (Lipinski definition) is 2. The van der Waals surface area contributed by atoms with Gasteiger partial charge in [-0.1, -0.05) is 117 Å². The van der Waals surface area contributed by atoms with Gasteiger partial charge in [0.25, 0.3) is 0 Å². The average Bonchev–Trinajstić information content (AvgIpc) is 2.80. The van der Waals surface area contributed by atoms with Crippen LogP contribution in [-0.4, -0.2) is 85.8 Å². The predicted octanol–water partition coefficient (Wildman–Crippen LogP) is 1.71. The van der Waals surface area contributed by atoms with Crippen molar-refractivity contribution in [1.82, 2.24) is 0 Å². The summed E-state index contributed by atoms with van der Waals surface area (Å²) in [7, 11) is 8.81. The minimum atomic E-state index is -0.645. The highest BCUT2D eigenvalue weighted by Crippen LogP contribution is 2.15. The third-order valence-electron chi connectivity index (χ3n) is 8.04. The zero-order valence-electron chi connectivity index (χ0n) is 26.7. The van der Waals surface area contributed by atoms with Crippen molar-refractivity contribution in [2.24, 2.45) is 0 Å². The summed E-state index contributed by atoms with van der Waals surface area (Å²) in [5.74, 6) is 0. The Kier molecular flexibility index (Phi) is 31.8. The SMILES string of the molecule is CCCCCCCCCCCC[N+](C)(C)CC(O)C(O)C[N+](C)(C)CCCCCCCCCCCC.[Br-].[Br-]. The molecular formula is C32H70Br2N2O2. The van der Waals surface area contributed by atoms with Gasteiger partial charge < -0.3 is 53.1 Å². The second-order valence-electron chi connectivity index (χ2n) is 13.2. The Bertz CT molecular complexity index is 436. The van der Waals surface area contributed by atoms with Crippen molar-refractivity contribution in [1.29, 1.82) is 0 Å².